The van der Waals surface area contributed by atoms with Gasteiger partial charge in [-0.15, -0.1) is 0 Å². The zero-order valence-corrected chi connectivity index (χ0v) is 27.2. The van der Waals surface area contributed by atoms with Crippen molar-refractivity contribution < 1.29 is 27.6 Å². The molecule has 6 N–H and O–H groups in total. The van der Waals surface area contributed by atoms with E-state index in [4.69, 9.17) is 18.0 Å². The number of hydrogen-bond acceptors (Lipinski definition) is 5. The molecule has 2 heterocycles. The minimum atomic E-state index is -4.59. The number of aryl methyl sites for hydroxylation is 1. The van der Waals surface area contributed by atoms with E-state index >= 15 is 0 Å². The Balaban J connectivity index is 1.72. The standard InChI is InChI=1S/C33H41F3N6O3S/c1-5-18(3)26(29(37)46)41-31(45)32(13-12-24-22(16-32)21-10-7-11-23(28(21)39-24)33(34,35)36)42-30(44)27(19(4)6-2)40-25(43)15-20-9-8-14-38-17-20/h7-11,14,17-19,26-27,39H,5-6,12-13,15-16H2,1-4H3,(H2,37,46)(H,40,43)(H,41,45)(H,42,44)/t18-,19?,26?,27-,32+/m0/s1. The van der Waals surface area contributed by atoms with Crippen molar-refractivity contribution in [3.8, 4) is 0 Å². The van der Waals surface area contributed by atoms with Gasteiger partial charge in [-0.05, 0) is 47.9 Å². The summed E-state index contributed by atoms with van der Waals surface area (Å²) in [6.07, 6.45) is -0.0109. The molecule has 46 heavy (non-hydrogen) atoms. The second kappa shape index (κ2) is 14.2. The van der Waals surface area contributed by atoms with Gasteiger partial charge in [0, 0.05) is 29.9 Å². The lowest BCUT2D eigenvalue weighted by atomic mass is 9.78. The van der Waals surface area contributed by atoms with E-state index in [2.05, 4.69) is 25.9 Å². The van der Waals surface area contributed by atoms with Crippen LogP contribution in [0.1, 0.15) is 69.3 Å². The number of aromatic nitrogens is 2. The third-order valence-corrected chi connectivity index (χ3v) is 9.37. The van der Waals surface area contributed by atoms with Crippen molar-refractivity contribution in [3.05, 3.63) is 65.1 Å². The molecule has 3 amide bonds. The van der Waals surface area contributed by atoms with Crippen LogP contribution in [0.3, 0.4) is 0 Å². The number of amides is 3. The number of fused-ring (bicyclic) bond motifs is 3. The molecule has 0 saturated heterocycles. The van der Waals surface area contributed by atoms with Gasteiger partial charge in [0.05, 0.1) is 28.5 Å². The zero-order chi connectivity index (χ0) is 33.8. The van der Waals surface area contributed by atoms with E-state index < -0.39 is 41.2 Å². The highest BCUT2D eigenvalue weighted by Gasteiger charge is 2.47. The van der Waals surface area contributed by atoms with Crippen LogP contribution in [-0.2, 0) is 39.8 Å². The highest BCUT2D eigenvalue weighted by molar-refractivity contribution is 7.80. The van der Waals surface area contributed by atoms with Crippen LogP contribution in [0, 0.1) is 11.8 Å². The summed E-state index contributed by atoms with van der Waals surface area (Å²) in [5.41, 5.74) is 5.33. The van der Waals surface area contributed by atoms with Crippen molar-refractivity contribution in [2.45, 2.75) is 90.0 Å². The Morgan fingerprint density at radius 2 is 1.76 bits per heavy atom. The van der Waals surface area contributed by atoms with E-state index in [1.807, 2.05) is 27.7 Å². The minimum Gasteiger partial charge on any atom is -0.392 e. The van der Waals surface area contributed by atoms with Crippen LogP contribution in [0.25, 0.3) is 10.9 Å². The summed E-state index contributed by atoms with van der Waals surface area (Å²) in [5.74, 6) is -1.92. The van der Waals surface area contributed by atoms with Crippen molar-refractivity contribution in [3.63, 3.8) is 0 Å². The fourth-order valence-corrected chi connectivity index (χ4v) is 6.29. The molecule has 1 aromatic carbocycles. The van der Waals surface area contributed by atoms with Crippen LogP contribution in [0.5, 0.6) is 0 Å². The number of halogens is 3. The molecule has 0 saturated carbocycles. The van der Waals surface area contributed by atoms with Gasteiger partial charge in [0.2, 0.25) is 17.7 Å². The third kappa shape index (κ3) is 7.51. The maximum Gasteiger partial charge on any atom is 0.418 e. The van der Waals surface area contributed by atoms with Crippen molar-refractivity contribution in [1.29, 1.82) is 0 Å². The first-order valence-electron chi connectivity index (χ1n) is 15.5. The number of carbonyl (C=O) groups is 3. The van der Waals surface area contributed by atoms with Gasteiger partial charge in [-0.3, -0.25) is 19.4 Å². The van der Waals surface area contributed by atoms with E-state index in [0.29, 0.717) is 35.0 Å². The second-order valence-corrected chi connectivity index (χ2v) is 12.7. The summed E-state index contributed by atoms with van der Waals surface area (Å²) in [7, 11) is 0. The molecule has 4 rings (SSSR count). The smallest absolute Gasteiger partial charge is 0.392 e. The van der Waals surface area contributed by atoms with Crippen LogP contribution >= 0.6 is 12.2 Å². The van der Waals surface area contributed by atoms with Crippen molar-refractivity contribution in [2.75, 3.05) is 0 Å². The average molecular weight is 659 g/mol. The number of pyridine rings is 1. The van der Waals surface area contributed by atoms with Gasteiger partial charge >= 0.3 is 6.18 Å². The van der Waals surface area contributed by atoms with Crippen molar-refractivity contribution in [2.24, 2.45) is 17.6 Å². The quantitative estimate of drug-likeness (QED) is 0.181. The van der Waals surface area contributed by atoms with Gasteiger partial charge in [-0.25, -0.2) is 0 Å². The maximum absolute atomic E-state index is 14.3. The number of benzene rings is 1. The van der Waals surface area contributed by atoms with E-state index in [1.54, 1.807) is 30.6 Å². The lowest BCUT2D eigenvalue weighted by Gasteiger charge is -2.40. The highest BCUT2D eigenvalue weighted by atomic mass is 32.1. The molecule has 0 bridgehead atoms. The molecule has 0 radical (unpaired) electrons. The minimum absolute atomic E-state index is 0.00442. The molecule has 13 heteroatoms. The van der Waals surface area contributed by atoms with Crippen LogP contribution in [0.2, 0.25) is 0 Å². The Bertz CT molecular complexity index is 1590. The van der Waals surface area contributed by atoms with Gasteiger partial charge in [0.25, 0.3) is 0 Å². The summed E-state index contributed by atoms with van der Waals surface area (Å²) in [6, 6.07) is 5.72. The predicted octanol–water partition coefficient (Wildman–Crippen LogP) is 4.52. The Labute approximate surface area is 271 Å². The molecule has 1 aliphatic carbocycles. The van der Waals surface area contributed by atoms with Gasteiger partial charge in [-0.2, -0.15) is 13.2 Å². The molecular weight excluding hydrogens is 617 g/mol. The summed E-state index contributed by atoms with van der Waals surface area (Å²) in [4.78, 5) is 48.5. The molecule has 0 fully saturated rings. The number of carbonyl (C=O) groups excluding carboxylic acids is 3. The number of nitrogens with two attached hydrogens (primary N) is 1. The van der Waals surface area contributed by atoms with E-state index in [1.165, 1.54) is 6.07 Å². The number of nitrogens with zero attached hydrogens (tertiary/aromatic N) is 1. The summed E-state index contributed by atoms with van der Waals surface area (Å²) < 4.78 is 41.7. The lowest BCUT2D eigenvalue weighted by molar-refractivity contribution is -0.137. The first-order chi connectivity index (χ1) is 21.7. The SMILES string of the molecule is CCC(C)[C@H](NC(=O)Cc1cccnc1)C(=O)N[C@]1(C(=O)NC(C(N)=S)[C@@H](C)CC)CCc2[nH]c3c(C(F)(F)F)cccc3c2C1. The van der Waals surface area contributed by atoms with Crippen molar-refractivity contribution >= 4 is 45.8 Å². The summed E-state index contributed by atoms with van der Waals surface area (Å²) in [5, 5.41) is 9.06. The molecular formula is C33H41F3N6O3S. The number of H-pyrrole nitrogens is 1. The largest absolute Gasteiger partial charge is 0.418 e. The topological polar surface area (TPSA) is 142 Å². The van der Waals surface area contributed by atoms with Gasteiger partial charge in [-0.1, -0.05) is 71.0 Å². The van der Waals surface area contributed by atoms with Crippen LogP contribution in [0.4, 0.5) is 13.2 Å². The number of thiocarbonyl (C=S) groups is 1. The third-order valence-electron chi connectivity index (χ3n) is 9.12. The van der Waals surface area contributed by atoms with Crippen LogP contribution in [0.15, 0.2) is 42.7 Å². The summed E-state index contributed by atoms with van der Waals surface area (Å²) >= 11 is 5.27. The van der Waals surface area contributed by atoms with Crippen LogP contribution in [-0.4, -0.2) is 50.3 Å². The highest BCUT2D eigenvalue weighted by Crippen LogP contribution is 2.40. The zero-order valence-electron chi connectivity index (χ0n) is 26.4. The molecule has 9 nitrogen and oxygen atoms in total. The molecule has 1 aliphatic rings. The lowest BCUT2D eigenvalue weighted by Crippen LogP contribution is -2.67. The van der Waals surface area contributed by atoms with Crippen molar-refractivity contribution in [1.82, 2.24) is 25.9 Å². The number of nitrogens with one attached hydrogen (secondary N) is 4. The average Bonchev–Trinajstić information content (AvgIpc) is 3.39. The van der Waals surface area contributed by atoms with Gasteiger partial charge in [0.15, 0.2) is 0 Å². The fraction of sp³-hybridized carbons (Fsp3) is 0.485. The van der Waals surface area contributed by atoms with Gasteiger partial charge < -0.3 is 26.7 Å². The maximum atomic E-state index is 14.3. The fourth-order valence-electron chi connectivity index (χ4n) is 6.00. The normalized spacial score (nSPS) is 18.9. The second-order valence-electron chi connectivity index (χ2n) is 12.3. The number of alkyl halides is 3. The first kappa shape index (κ1) is 34.9. The Hall–Kier alpha value is -4.00. The monoisotopic (exact) mass is 658 g/mol. The first-order valence-corrected chi connectivity index (χ1v) is 15.9. The Morgan fingerprint density at radius 1 is 1.07 bits per heavy atom. The Morgan fingerprint density at radius 3 is 2.37 bits per heavy atom. The molecule has 2 aromatic heterocycles. The van der Waals surface area contributed by atoms with Gasteiger partial charge in [0.1, 0.15) is 11.6 Å². The summed E-state index contributed by atoms with van der Waals surface area (Å²) in [6.45, 7) is 7.53. The van der Waals surface area contributed by atoms with E-state index in [9.17, 15) is 27.6 Å². The predicted molar refractivity (Wildman–Crippen MR) is 174 cm³/mol. The number of para-hydroxylation sites is 1. The number of rotatable bonds is 12. The number of hydrogen-bond donors (Lipinski definition) is 5. The molecule has 5 atom stereocenters. The molecule has 0 spiro atoms. The Kier molecular flexibility index (Phi) is 10.8. The van der Waals surface area contributed by atoms with E-state index in [0.717, 1.165) is 6.07 Å². The molecule has 2 unspecified atom stereocenters. The van der Waals surface area contributed by atoms with E-state index in [-0.39, 0.29) is 53.9 Å². The molecule has 0 aliphatic heterocycles. The molecule has 248 valence electrons. The van der Waals surface area contributed by atoms with Crippen LogP contribution < -0.4 is 21.7 Å². The molecule has 3 aromatic rings. The number of aromatic amines is 1.